The molecule has 0 bridgehead atoms. The molecule has 92 valence electrons. The van der Waals surface area contributed by atoms with E-state index in [1.54, 1.807) is 0 Å². The van der Waals surface area contributed by atoms with Crippen molar-refractivity contribution in [3.8, 4) is 0 Å². The second kappa shape index (κ2) is 5.37. The number of hydrogen-bond acceptors (Lipinski definition) is 3. The highest BCUT2D eigenvalue weighted by atomic mass is 79.9. The number of benzene rings is 1. The van der Waals surface area contributed by atoms with Crippen LogP contribution in [0.1, 0.15) is 0 Å². The van der Waals surface area contributed by atoms with Crippen molar-refractivity contribution in [2.75, 3.05) is 5.88 Å². The van der Waals surface area contributed by atoms with Crippen LogP contribution in [-0.2, 0) is 0 Å². The fourth-order valence-electron chi connectivity index (χ4n) is 0.992. The Bertz CT molecular complexity index is 510. The van der Waals surface area contributed by atoms with Gasteiger partial charge in [0.25, 0.3) is 5.69 Å². The summed E-state index contributed by atoms with van der Waals surface area (Å²) in [6, 6.07) is 0.431. The van der Waals surface area contributed by atoms with Crippen molar-refractivity contribution < 1.29 is 13.7 Å². The van der Waals surface area contributed by atoms with Gasteiger partial charge in [0.1, 0.15) is 5.84 Å². The van der Waals surface area contributed by atoms with Gasteiger partial charge in [-0.05, 0) is 15.9 Å². The van der Waals surface area contributed by atoms with Gasteiger partial charge >= 0.3 is 0 Å². The van der Waals surface area contributed by atoms with Crippen LogP contribution >= 0.6 is 27.5 Å². The fourth-order valence-corrected chi connectivity index (χ4v) is 1.53. The molecule has 0 radical (unpaired) electrons. The summed E-state index contributed by atoms with van der Waals surface area (Å²) in [5.74, 6) is -2.98. The van der Waals surface area contributed by atoms with Crippen LogP contribution in [0.4, 0.5) is 20.2 Å². The Morgan fingerprint density at radius 3 is 2.71 bits per heavy atom. The van der Waals surface area contributed by atoms with Crippen LogP contribution in [-0.4, -0.2) is 16.6 Å². The molecule has 0 aliphatic carbocycles. The molecule has 0 heterocycles. The Hall–Kier alpha value is -1.28. The van der Waals surface area contributed by atoms with Crippen LogP contribution in [0.5, 0.6) is 0 Å². The number of amidine groups is 1. The summed E-state index contributed by atoms with van der Waals surface area (Å²) in [6.45, 7) is 0. The van der Waals surface area contributed by atoms with E-state index in [2.05, 4.69) is 20.9 Å². The number of nitro groups is 1. The SMILES string of the molecule is NC(CCl)=Nc1c([N+](=O)[O-])cc(F)c(F)c1Br. The Balaban J connectivity index is 3.55. The highest BCUT2D eigenvalue weighted by Crippen LogP contribution is 2.38. The van der Waals surface area contributed by atoms with Gasteiger partial charge < -0.3 is 5.73 Å². The number of halogens is 4. The third kappa shape index (κ3) is 2.89. The standard InChI is InChI=1S/C8H5BrClF2N3O2/c9-6-7(12)3(11)1-4(15(16)17)8(6)14-5(13)2-10/h1H,2H2,(H2,13,14). The van der Waals surface area contributed by atoms with Gasteiger partial charge in [-0.25, -0.2) is 13.8 Å². The Kier molecular flexibility index (Phi) is 4.35. The van der Waals surface area contributed by atoms with E-state index in [0.717, 1.165) is 0 Å². The van der Waals surface area contributed by atoms with E-state index in [1.807, 2.05) is 0 Å². The average molecular weight is 328 g/mol. The Labute approximate surface area is 108 Å². The lowest BCUT2D eigenvalue weighted by Crippen LogP contribution is -2.12. The monoisotopic (exact) mass is 327 g/mol. The average Bonchev–Trinajstić information content (AvgIpc) is 2.28. The minimum absolute atomic E-state index is 0.151. The minimum atomic E-state index is -1.35. The number of nitrogens with two attached hydrogens (primary N) is 1. The summed E-state index contributed by atoms with van der Waals surface area (Å²) in [5.41, 5.74) is 4.17. The molecule has 0 atom stereocenters. The molecule has 0 saturated heterocycles. The van der Waals surface area contributed by atoms with Crippen molar-refractivity contribution in [3.05, 3.63) is 32.3 Å². The highest BCUT2D eigenvalue weighted by molar-refractivity contribution is 9.10. The molecule has 1 aromatic rings. The van der Waals surface area contributed by atoms with E-state index in [9.17, 15) is 18.9 Å². The summed E-state index contributed by atoms with van der Waals surface area (Å²) in [4.78, 5) is 13.3. The Morgan fingerprint density at radius 1 is 1.65 bits per heavy atom. The first kappa shape index (κ1) is 13.8. The maximum atomic E-state index is 13.2. The van der Waals surface area contributed by atoms with E-state index in [-0.39, 0.29) is 11.7 Å². The molecule has 9 heteroatoms. The predicted molar refractivity (Wildman–Crippen MR) is 62.7 cm³/mol. The van der Waals surface area contributed by atoms with Crippen LogP contribution in [0.3, 0.4) is 0 Å². The van der Waals surface area contributed by atoms with Gasteiger partial charge in [-0.1, -0.05) is 0 Å². The van der Waals surface area contributed by atoms with Crippen molar-refractivity contribution >= 4 is 44.7 Å². The molecule has 0 fully saturated rings. The summed E-state index contributed by atoms with van der Waals surface area (Å²) >= 11 is 8.03. The van der Waals surface area contributed by atoms with Crippen LogP contribution in [0.15, 0.2) is 15.5 Å². The van der Waals surface area contributed by atoms with Gasteiger partial charge in [-0.15, -0.1) is 11.6 Å². The maximum absolute atomic E-state index is 13.2. The maximum Gasteiger partial charge on any atom is 0.299 e. The number of aliphatic imine (C=N–C) groups is 1. The molecule has 17 heavy (non-hydrogen) atoms. The molecule has 0 aliphatic rings. The normalized spacial score (nSPS) is 11.6. The number of alkyl halides is 1. The summed E-state index contributed by atoms with van der Waals surface area (Å²) < 4.78 is 25.7. The lowest BCUT2D eigenvalue weighted by Gasteiger charge is -2.04. The number of rotatable bonds is 3. The largest absolute Gasteiger partial charge is 0.386 e. The molecule has 0 aromatic heterocycles. The van der Waals surface area contributed by atoms with Crippen molar-refractivity contribution in [2.24, 2.45) is 10.7 Å². The van der Waals surface area contributed by atoms with Gasteiger partial charge in [0.2, 0.25) is 0 Å². The van der Waals surface area contributed by atoms with Crippen LogP contribution in [0.2, 0.25) is 0 Å². The number of nitro benzene ring substituents is 1. The van der Waals surface area contributed by atoms with Crippen molar-refractivity contribution in [1.29, 1.82) is 0 Å². The molecule has 5 nitrogen and oxygen atoms in total. The zero-order valence-electron chi connectivity index (χ0n) is 8.08. The second-order valence-corrected chi connectivity index (χ2v) is 3.91. The van der Waals surface area contributed by atoms with Crippen molar-refractivity contribution in [3.63, 3.8) is 0 Å². The Morgan fingerprint density at radius 2 is 2.24 bits per heavy atom. The molecule has 0 unspecified atom stereocenters. The topological polar surface area (TPSA) is 81.5 Å². The third-order valence-electron chi connectivity index (χ3n) is 1.71. The zero-order valence-corrected chi connectivity index (χ0v) is 10.4. The first-order valence-corrected chi connectivity index (χ1v) is 5.42. The second-order valence-electron chi connectivity index (χ2n) is 2.85. The van der Waals surface area contributed by atoms with Crippen LogP contribution in [0.25, 0.3) is 0 Å². The van der Waals surface area contributed by atoms with Gasteiger partial charge in [-0.3, -0.25) is 10.1 Å². The molecule has 0 amide bonds. The lowest BCUT2D eigenvalue weighted by atomic mass is 10.2. The molecule has 0 aliphatic heterocycles. The first-order valence-electron chi connectivity index (χ1n) is 4.09. The fraction of sp³-hybridized carbons (Fsp3) is 0.125. The smallest absolute Gasteiger partial charge is 0.299 e. The van der Waals surface area contributed by atoms with Crippen LogP contribution in [0, 0.1) is 21.7 Å². The van der Waals surface area contributed by atoms with Gasteiger partial charge in [0.05, 0.1) is 21.3 Å². The molecular formula is C8H5BrClF2N3O2. The number of nitrogens with zero attached hydrogens (tertiary/aromatic N) is 2. The van der Waals surface area contributed by atoms with E-state index < -0.39 is 32.4 Å². The van der Waals surface area contributed by atoms with Crippen molar-refractivity contribution in [2.45, 2.75) is 0 Å². The molecule has 2 N–H and O–H groups in total. The summed E-state index contributed by atoms with van der Waals surface area (Å²) in [5, 5.41) is 10.7. The molecule has 0 spiro atoms. The van der Waals surface area contributed by atoms with E-state index in [0.29, 0.717) is 6.07 Å². The van der Waals surface area contributed by atoms with Gasteiger partial charge in [0, 0.05) is 0 Å². The first-order chi connectivity index (χ1) is 7.88. The third-order valence-corrected chi connectivity index (χ3v) is 2.70. The zero-order chi connectivity index (χ0) is 13.2. The van der Waals surface area contributed by atoms with E-state index >= 15 is 0 Å². The molecule has 1 aromatic carbocycles. The van der Waals surface area contributed by atoms with Gasteiger partial charge in [0.15, 0.2) is 17.3 Å². The van der Waals surface area contributed by atoms with Crippen molar-refractivity contribution in [1.82, 2.24) is 0 Å². The highest BCUT2D eigenvalue weighted by Gasteiger charge is 2.24. The summed E-state index contributed by atoms with van der Waals surface area (Å²) in [7, 11) is 0. The number of hydrogen-bond donors (Lipinski definition) is 1. The van der Waals surface area contributed by atoms with Gasteiger partial charge in [-0.2, -0.15) is 0 Å². The molecular weight excluding hydrogens is 323 g/mol. The lowest BCUT2D eigenvalue weighted by molar-refractivity contribution is -0.384. The molecule has 1 rings (SSSR count). The quantitative estimate of drug-likeness (QED) is 0.231. The predicted octanol–water partition coefficient (Wildman–Crippen LogP) is 2.86. The van der Waals surface area contributed by atoms with E-state index in [1.165, 1.54) is 0 Å². The minimum Gasteiger partial charge on any atom is -0.386 e. The summed E-state index contributed by atoms with van der Waals surface area (Å²) in [6.07, 6.45) is 0. The molecule has 0 saturated carbocycles. The van der Waals surface area contributed by atoms with Crippen LogP contribution < -0.4 is 5.73 Å². The van der Waals surface area contributed by atoms with E-state index in [4.69, 9.17) is 17.3 Å².